The molecular weight excluding hydrogens is 390 g/mol. The predicted octanol–water partition coefficient (Wildman–Crippen LogP) is 3.26. The van der Waals surface area contributed by atoms with Crippen molar-refractivity contribution in [1.29, 1.82) is 0 Å². The van der Waals surface area contributed by atoms with Gasteiger partial charge in [0.25, 0.3) is 5.91 Å². The number of aryl methyl sites for hydroxylation is 1. The Bertz CT molecular complexity index is 928. The molecule has 4 rings (SSSR count). The second kappa shape index (κ2) is 8.38. The van der Waals surface area contributed by atoms with Gasteiger partial charge in [-0.15, -0.1) is 22.7 Å². The third-order valence-electron chi connectivity index (χ3n) is 4.82. The maximum absolute atomic E-state index is 12.6. The summed E-state index contributed by atoms with van der Waals surface area (Å²) in [5.41, 5.74) is 1.77. The van der Waals surface area contributed by atoms with E-state index in [0.717, 1.165) is 53.1 Å². The number of nitrogens with one attached hydrogen (secondary N) is 1. The van der Waals surface area contributed by atoms with Gasteiger partial charge in [0.2, 0.25) is 0 Å². The van der Waals surface area contributed by atoms with Gasteiger partial charge in [-0.2, -0.15) is 0 Å². The molecule has 3 aromatic heterocycles. The van der Waals surface area contributed by atoms with E-state index in [9.17, 15) is 4.79 Å². The van der Waals surface area contributed by atoms with Crippen LogP contribution in [-0.2, 0) is 6.54 Å². The van der Waals surface area contributed by atoms with Crippen LogP contribution in [0.2, 0.25) is 0 Å². The van der Waals surface area contributed by atoms with E-state index in [4.69, 9.17) is 0 Å². The zero-order valence-electron chi connectivity index (χ0n) is 16.0. The standard InChI is InChI=1S/C20H23N5OS2/c1-14-18(28-20(23-14)16-4-3-11-27-16)19(26)22-13-15-5-6-17(21-12-15)25-9-7-24(2)8-10-25/h3-6,11-12H,7-10,13H2,1-2H3,(H,22,26). The molecule has 1 N–H and O–H groups in total. The first kappa shape index (κ1) is 19.0. The Hall–Kier alpha value is -2.29. The number of hydrogen-bond donors (Lipinski definition) is 1. The molecule has 0 spiro atoms. The smallest absolute Gasteiger partial charge is 0.263 e. The summed E-state index contributed by atoms with van der Waals surface area (Å²) >= 11 is 3.08. The first-order valence-corrected chi connectivity index (χ1v) is 11.0. The second-order valence-electron chi connectivity index (χ2n) is 6.91. The third-order valence-corrected chi connectivity index (χ3v) is 7.02. The lowest BCUT2D eigenvalue weighted by Gasteiger charge is -2.33. The van der Waals surface area contributed by atoms with Crippen molar-refractivity contribution < 1.29 is 4.79 Å². The van der Waals surface area contributed by atoms with Crippen LogP contribution in [0.1, 0.15) is 20.9 Å². The Morgan fingerprint density at radius 3 is 2.71 bits per heavy atom. The quantitative estimate of drug-likeness (QED) is 0.696. The fraction of sp³-hybridized carbons (Fsp3) is 0.350. The molecule has 0 radical (unpaired) electrons. The van der Waals surface area contributed by atoms with E-state index in [-0.39, 0.29) is 5.91 Å². The Kier molecular flexibility index (Phi) is 5.70. The summed E-state index contributed by atoms with van der Waals surface area (Å²) in [5, 5.41) is 5.91. The Balaban J connectivity index is 1.36. The Labute approximate surface area is 172 Å². The van der Waals surface area contributed by atoms with E-state index in [2.05, 4.69) is 32.1 Å². The van der Waals surface area contributed by atoms with E-state index in [1.807, 2.05) is 42.8 Å². The van der Waals surface area contributed by atoms with Crippen molar-refractivity contribution in [3.8, 4) is 9.88 Å². The molecule has 8 heteroatoms. The van der Waals surface area contributed by atoms with Gasteiger partial charge in [0.15, 0.2) is 0 Å². The maximum atomic E-state index is 12.6. The topological polar surface area (TPSA) is 61.4 Å². The van der Waals surface area contributed by atoms with Crippen LogP contribution in [0, 0.1) is 6.92 Å². The fourth-order valence-corrected chi connectivity index (χ4v) is 4.90. The van der Waals surface area contributed by atoms with Gasteiger partial charge in [0.05, 0.1) is 10.6 Å². The molecule has 146 valence electrons. The van der Waals surface area contributed by atoms with Gasteiger partial charge in [-0.05, 0) is 37.0 Å². The summed E-state index contributed by atoms with van der Waals surface area (Å²) in [6.07, 6.45) is 1.85. The van der Waals surface area contributed by atoms with Crippen molar-refractivity contribution in [2.45, 2.75) is 13.5 Å². The van der Waals surface area contributed by atoms with Gasteiger partial charge in [-0.1, -0.05) is 12.1 Å². The summed E-state index contributed by atoms with van der Waals surface area (Å²) in [4.78, 5) is 28.1. The highest BCUT2D eigenvalue weighted by Crippen LogP contribution is 2.31. The monoisotopic (exact) mass is 413 g/mol. The van der Waals surface area contributed by atoms with Gasteiger partial charge < -0.3 is 15.1 Å². The largest absolute Gasteiger partial charge is 0.354 e. The molecule has 1 fully saturated rings. The van der Waals surface area contributed by atoms with Crippen molar-refractivity contribution in [2.75, 3.05) is 38.1 Å². The SMILES string of the molecule is Cc1nc(-c2cccs2)sc1C(=O)NCc1ccc(N2CCN(C)CC2)nc1. The summed E-state index contributed by atoms with van der Waals surface area (Å²) in [7, 11) is 2.14. The predicted molar refractivity (Wildman–Crippen MR) is 115 cm³/mol. The van der Waals surface area contributed by atoms with E-state index < -0.39 is 0 Å². The molecule has 3 aromatic rings. The van der Waals surface area contributed by atoms with E-state index in [1.54, 1.807) is 11.3 Å². The summed E-state index contributed by atoms with van der Waals surface area (Å²) in [5.74, 6) is 0.919. The van der Waals surface area contributed by atoms with Crippen LogP contribution in [0.4, 0.5) is 5.82 Å². The number of thiazole rings is 1. The molecule has 0 atom stereocenters. The van der Waals surface area contributed by atoms with Crippen molar-refractivity contribution in [3.63, 3.8) is 0 Å². The molecule has 4 heterocycles. The van der Waals surface area contributed by atoms with E-state index in [1.165, 1.54) is 11.3 Å². The minimum Gasteiger partial charge on any atom is -0.354 e. The molecule has 1 saturated heterocycles. The molecule has 0 aromatic carbocycles. The van der Waals surface area contributed by atoms with Crippen LogP contribution in [0.15, 0.2) is 35.8 Å². The Morgan fingerprint density at radius 1 is 1.21 bits per heavy atom. The number of piperazine rings is 1. The molecule has 0 aliphatic carbocycles. The number of thiophene rings is 1. The summed E-state index contributed by atoms with van der Waals surface area (Å²) in [6, 6.07) is 8.10. The van der Waals surface area contributed by atoms with Crippen LogP contribution in [0.5, 0.6) is 0 Å². The van der Waals surface area contributed by atoms with Crippen molar-refractivity contribution >= 4 is 34.4 Å². The number of carbonyl (C=O) groups is 1. The molecule has 28 heavy (non-hydrogen) atoms. The highest BCUT2D eigenvalue weighted by atomic mass is 32.1. The first-order chi connectivity index (χ1) is 13.6. The summed E-state index contributed by atoms with van der Waals surface area (Å²) < 4.78 is 0. The lowest BCUT2D eigenvalue weighted by molar-refractivity contribution is 0.0954. The van der Waals surface area contributed by atoms with Crippen molar-refractivity contribution in [1.82, 2.24) is 20.2 Å². The van der Waals surface area contributed by atoms with Crippen LogP contribution in [0.3, 0.4) is 0 Å². The van der Waals surface area contributed by atoms with Gasteiger partial charge in [0, 0.05) is 38.9 Å². The van der Waals surface area contributed by atoms with Crippen LogP contribution in [0.25, 0.3) is 9.88 Å². The highest BCUT2D eigenvalue weighted by Gasteiger charge is 2.17. The number of likely N-dealkylation sites (N-methyl/N-ethyl adjacent to an activating group) is 1. The molecule has 0 saturated carbocycles. The third kappa shape index (κ3) is 4.24. The zero-order chi connectivity index (χ0) is 19.5. The Morgan fingerprint density at radius 2 is 2.04 bits per heavy atom. The molecule has 6 nitrogen and oxygen atoms in total. The normalized spacial score (nSPS) is 15.0. The molecule has 1 aliphatic rings. The lowest BCUT2D eigenvalue weighted by Crippen LogP contribution is -2.44. The number of amides is 1. The number of nitrogens with zero attached hydrogens (tertiary/aromatic N) is 4. The second-order valence-corrected chi connectivity index (χ2v) is 8.86. The molecule has 0 unspecified atom stereocenters. The maximum Gasteiger partial charge on any atom is 0.263 e. The number of carbonyl (C=O) groups excluding carboxylic acids is 1. The van der Waals surface area contributed by atoms with Crippen LogP contribution < -0.4 is 10.2 Å². The molecule has 1 aliphatic heterocycles. The van der Waals surface area contributed by atoms with Crippen LogP contribution >= 0.6 is 22.7 Å². The van der Waals surface area contributed by atoms with E-state index >= 15 is 0 Å². The minimum absolute atomic E-state index is 0.0825. The van der Waals surface area contributed by atoms with E-state index in [0.29, 0.717) is 11.4 Å². The van der Waals surface area contributed by atoms with Crippen molar-refractivity contribution in [3.05, 3.63) is 52.0 Å². The number of pyridine rings is 1. The zero-order valence-corrected chi connectivity index (χ0v) is 17.6. The molecule has 1 amide bonds. The highest BCUT2D eigenvalue weighted by molar-refractivity contribution is 7.22. The van der Waals surface area contributed by atoms with Gasteiger partial charge >= 0.3 is 0 Å². The lowest BCUT2D eigenvalue weighted by atomic mass is 10.2. The number of anilines is 1. The number of aromatic nitrogens is 2. The number of hydrogen-bond acceptors (Lipinski definition) is 7. The van der Waals surface area contributed by atoms with Gasteiger partial charge in [-0.3, -0.25) is 4.79 Å². The summed E-state index contributed by atoms with van der Waals surface area (Å²) in [6.45, 7) is 6.45. The van der Waals surface area contributed by atoms with Gasteiger partial charge in [-0.25, -0.2) is 9.97 Å². The minimum atomic E-state index is -0.0825. The van der Waals surface area contributed by atoms with Crippen LogP contribution in [-0.4, -0.2) is 54.0 Å². The molecular formula is C20H23N5OS2. The van der Waals surface area contributed by atoms with Crippen molar-refractivity contribution in [2.24, 2.45) is 0 Å². The number of rotatable bonds is 5. The fourth-order valence-electron chi connectivity index (χ4n) is 3.12. The molecule has 0 bridgehead atoms. The average molecular weight is 414 g/mol. The van der Waals surface area contributed by atoms with Gasteiger partial charge in [0.1, 0.15) is 15.7 Å². The first-order valence-electron chi connectivity index (χ1n) is 9.28. The average Bonchev–Trinajstić information content (AvgIpc) is 3.37.